The number of rotatable bonds is 4. The summed E-state index contributed by atoms with van der Waals surface area (Å²) in [6.45, 7) is 2.19. The Kier molecular flexibility index (Phi) is 6.80. The summed E-state index contributed by atoms with van der Waals surface area (Å²) in [7, 11) is 1.30. The Morgan fingerprint density at radius 1 is 1.18 bits per heavy atom. The molecule has 2 aliphatic rings. The summed E-state index contributed by atoms with van der Waals surface area (Å²) in [5, 5.41) is 0. The molecule has 0 spiro atoms. The SMILES string of the molecule is COC(=O)c1sc(Br)cc1N(C(=O)C1CCC(C)CC1)C1CCC(F)(F)CC1. The molecule has 3 rings (SSSR count). The number of halogens is 3. The van der Waals surface area contributed by atoms with Crippen molar-refractivity contribution in [2.75, 3.05) is 12.0 Å². The summed E-state index contributed by atoms with van der Waals surface area (Å²) in [5.74, 6) is -2.75. The highest BCUT2D eigenvalue weighted by Crippen LogP contribution is 2.42. The number of carbonyl (C=O) groups excluding carboxylic acids is 2. The third-order valence-corrected chi connectivity index (χ3v) is 7.57. The van der Waals surface area contributed by atoms with E-state index < -0.39 is 11.9 Å². The average Bonchev–Trinajstić information content (AvgIpc) is 3.04. The molecule has 0 aromatic carbocycles. The van der Waals surface area contributed by atoms with E-state index in [4.69, 9.17) is 4.74 Å². The Bertz CT molecular complexity index is 721. The predicted octanol–water partition coefficient (Wildman–Crippen LogP) is 6.03. The molecule has 1 heterocycles. The molecule has 2 fully saturated rings. The lowest BCUT2D eigenvalue weighted by Crippen LogP contribution is -2.47. The van der Waals surface area contributed by atoms with Crippen molar-refractivity contribution in [2.24, 2.45) is 11.8 Å². The van der Waals surface area contributed by atoms with Gasteiger partial charge in [0.1, 0.15) is 4.88 Å². The second kappa shape index (κ2) is 8.78. The molecule has 0 aliphatic heterocycles. The Hall–Kier alpha value is -1.02. The zero-order valence-electron chi connectivity index (χ0n) is 16.2. The molecule has 0 atom stereocenters. The van der Waals surface area contributed by atoms with E-state index in [1.54, 1.807) is 11.0 Å². The number of esters is 1. The van der Waals surface area contributed by atoms with E-state index in [0.29, 0.717) is 20.3 Å². The van der Waals surface area contributed by atoms with Crippen LogP contribution in [0.2, 0.25) is 0 Å². The van der Waals surface area contributed by atoms with Crippen molar-refractivity contribution in [3.05, 3.63) is 14.7 Å². The van der Waals surface area contributed by atoms with Gasteiger partial charge in [0.05, 0.1) is 16.6 Å². The van der Waals surface area contributed by atoms with E-state index in [-0.39, 0.29) is 43.6 Å². The van der Waals surface area contributed by atoms with Gasteiger partial charge in [0.15, 0.2) is 0 Å². The first-order valence-electron chi connectivity index (χ1n) is 9.80. The highest BCUT2D eigenvalue weighted by atomic mass is 79.9. The number of alkyl halides is 2. The maximum absolute atomic E-state index is 13.7. The van der Waals surface area contributed by atoms with Crippen LogP contribution in [0.5, 0.6) is 0 Å². The molecular weight excluding hydrogens is 452 g/mol. The van der Waals surface area contributed by atoms with Crippen molar-refractivity contribution < 1.29 is 23.1 Å². The third kappa shape index (κ3) is 4.75. The molecule has 1 amide bonds. The van der Waals surface area contributed by atoms with Crippen LogP contribution in [0.15, 0.2) is 9.85 Å². The summed E-state index contributed by atoms with van der Waals surface area (Å²) in [4.78, 5) is 27.8. The Morgan fingerprint density at radius 2 is 1.79 bits per heavy atom. The summed E-state index contributed by atoms with van der Waals surface area (Å²) in [6.07, 6.45) is 3.58. The van der Waals surface area contributed by atoms with E-state index in [2.05, 4.69) is 22.9 Å². The number of thiophene rings is 1. The van der Waals surface area contributed by atoms with E-state index in [1.807, 2.05) is 0 Å². The van der Waals surface area contributed by atoms with Gasteiger partial charge < -0.3 is 9.64 Å². The minimum absolute atomic E-state index is 0.0439. The highest BCUT2D eigenvalue weighted by Gasteiger charge is 2.41. The zero-order valence-corrected chi connectivity index (χ0v) is 18.6. The maximum atomic E-state index is 13.7. The molecule has 1 aromatic heterocycles. The molecule has 0 radical (unpaired) electrons. The van der Waals surface area contributed by atoms with Crippen LogP contribution >= 0.6 is 27.3 Å². The number of amides is 1. The van der Waals surface area contributed by atoms with Crippen LogP contribution in [-0.2, 0) is 9.53 Å². The van der Waals surface area contributed by atoms with Gasteiger partial charge in [-0.15, -0.1) is 11.3 Å². The van der Waals surface area contributed by atoms with Crippen molar-refractivity contribution in [3.63, 3.8) is 0 Å². The third-order valence-electron chi connectivity index (χ3n) is 5.97. The van der Waals surface area contributed by atoms with Gasteiger partial charge in [0.25, 0.3) is 0 Å². The topological polar surface area (TPSA) is 46.6 Å². The number of ether oxygens (including phenoxy) is 1. The number of anilines is 1. The first kappa shape index (κ1) is 21.7. The molecule has 0 saturated heterocycles. The molecule has 28 heavy (non-hydrogen) atoms. The fourth-order valence-electron chi connectivity index (χ4n) is 4.25. The standard InChI is InChI=1S/C20H26BrF2NO3S/c1-12-3-5-13(6-4-12)18(25)24(14-7-9-20(22,23)10-8-14)15-11-16(21)28-17(15)19(26)27-2/h11-14H,3-10H2,1-2H3. The molecule has 2 saturated carbocycles. The van der Waals surface area contributed by atoms with Gasteiger partial charge in [0.2, 0.25) is 11.8 Å². The van der Waals surface area contributed by atoms with Gasteiger partial charge in [-0.1, -0.05) is 6.92 Å². The molecule has 2 aliphatic carbocycles. The summed E-state index contributed by atoms with van der Waals surface area (Å²) in [6, 6.07) is 1.42. The second-order valence-corrected chi connectivity index (χ2v) is 10.4. The monoisotopic (exact) mass is 477 g/mol. The number of nitrogens with zero attached hydrogens (tertiary/aromatic N) is 1. The normalized spacial score (nSPS) is 25.3. The van der Waals surface area contributed by atoms with Crippen LogP contribution in [-0.4, -0.2) is 31.0 Å². The Morgan fingerprint density at radius 3 is 2.36 bits per heavy atom. The summed E-state index contributed by atoms with van der Waals surface area (Å²) in [5.41, 5.74) is 0.488. The molecule has 0 unspecified atom stereocenters. The molecule has 0 N–H and O–H groups in total. The van der Waals surface area contributed by atoms with Crippen molar-refractivity contribution in [3.8, 4) is 0 Å². The van der Waals surface area contributed by atoms with E-state index in [0.717, 1.165) is 25.7 Å². The van der Waals surface area contributed by atoms with Gasteiger partial charge in [0, 0.05) is 24.8 Å². The smallest absolute Gasteiger partial charge is 0.350 e. The van der Waals surface area contributed by atoms with Crippen molar-refractivity contribution in [1.82, 2.24) is 0 Å². The molecule has 1 aromatic rings. The molecule has 4 nitrogen and oxygen atoms in total. The minimum Gasteiger partial charge on any atom is -0.465 e. The van der Waals surface area contributed by atoms with Gasteiger partial charge in [-0.2, -0.15) is 0 Å². The first-order valence-corrected chi connectivity index (χ1v) is 11.4. The maximum Gasteiger partial charge on any atom is 0.350 e. The van der Waals surface area contributed by atoms with Crippen LogP contribution in [0.1, 0.15) is 68.0 Å². The quantitative estimate of drug-likeness (QED) is 0.496. The fraction of sp³-hybridized carbons (Fsp3) is 0.700. The molecular formula is C20H26BrF2NO3S. The van der Waals surface area contributed by atoms with E-state index in [9.17, 15) is 18.4 Å². The highest BCUT2D eigenvalue weighted by molar-refractivity contribution is 9.11. The van der Waals surface area contributed by atoms with Gasteiger partial charge in [-0.25, -0.2) is 13.6 Å². The zero-order chi connectivity index (χ0) is 20.5. The van der Waals surface area contributed by atoms with Crippen molar-refractivity contribution in [2.45, 2.75) is 70.3 Å². The lowest BCUT2D eigenvalue weighted by molar-refractivity contribution is -0.124. The number of hydrogen-bond acceptors (Lipinski definition) is 4. The largest absolute Gasteiger partial charge is 0.465 e. The predicted molar refractivity (Wildman–Crippen MR) is 109 cm³/mol. The molecule has 0 bridgehead atoms. The van der Waals surface area contributed by atoms with E-state index >= 15 is 0 Å². The van der Waals surface area contributed by atoms with Gasteiger partial charge >= 0.3 is 5.97 Å². The Balaban J connectivity index is 1.93. The first-order chi connectivity index (χ1) is 13.2. The van der Waals surface area contributed by atoms with Crippen LogP contribution in [0.3, 0.4) is 0 Å². The second-order valence-electron chi connectivity index (χ2n) is 8.01. The minimum atomic E-state index is -2.67. The summed E-state index contributed by atoms with van der Waals surface area (Å²) < 4.78 is 33.1. The number of hydrogen-bond donors (Lipinski definition) is 0. The molecule has 8 heteroatoms. The van der Waals surface area contributed by atoms with Crippen LogP contribution < -0.4 is 4.90 Å². The van der Waals surface area contributed by atoms with Crippen LogP contribution in [0.4, 0.5) is 14.5 Å². The molecule has 156 valence electrons. The number of methoxy groups -OCH3 is 1. The van der Waals surface area contributed by atoms with Crippen molar-refractivity contribution in [1.29, 1.82) is 0 Å². The van der Waals surface area contributed by atoms with Crippen LogP contribution in [0, 0.1) is 11.8 Å². The van der Waals surface area contributed by atoms with E-state index in [1.165, 1.54) is 18.4 Å². The lowest BCUT2D eigenvalue weighted by atomic mass is 9.81. The van der Waals surface area contributed by atoms with Gasteiger partial charge in [-0.05, 0) is 66.4 Å². The van der Waals surface area contributed by atoms with Gasteiger partial charge in [-0.3, -0.25) is 4.79 Å². The Labute approximate surface area is 176 Å². The van der Waals surface area contributed by atoms with Crippen molar-refractivity contribution >= 4 is 44.8 Å². The average molecular weight is 478 g/mol. The lowest BCUT2D eigenvalue weighted by Gasteiger charge is -2.39. The summed E-state index contributed by atoms with van der Waals surface area (Å²) >= 11 is 4.60. The fourth-order valence-corrected chi connectivity index (χ4v) is 5.75. The number of carbonyl (C=O) groups is 2. The van der Waals surface area contributed by atoms with Crippen LogP contribution in [0.25, 0.3) is 0 Å².